The lowest BCUT2D eigenvalue weighted by Crippen LogP contribution is -2.44. The Morgan fingerprint density at radius 2 is 0.567 bits per heavy atom. The summed E-state index contributed by atoms with van der Waals surface area (Å²) in [6, 6.07) is 63.3. The van der Waals surface area contributed by atoms with Gasteiger partial charge in [-0.15, -0.1) is 0 Å². The topological polar surface area (TPSA) is 14.8 Å². The van der Waals surface area contributed by atoms with Crippen LogP contribution in [0.15, 0.2) is 164 Å². The van der Waals surface area contributed by atoms with Crippen LogP contribution in [0, 0.1) is 0 Å². The van der Waals surface area contributed by atoms with Crippen molar-refractivity contribution in [3.8, 4) is 28.2 Å². The van der Waals surface area contributed by atoms with Gasteiger partial charge in [-0.2, -0.15) is 0 Å². The number of hydrogen-bond donors (Lipinski definition) is 0. The molecule has 4 bridgehead atoms. The van der Waals surface area contributed by atoms with Gasteiger partial charge in [-0.3, -0.25) is 0 Å². The second-order valence-corrected chi connectivity index (χ2v) is 22.4. The van der Waals surface area contributed by atoms with Crippen molar-refractivity contribution in [3.05, 3.63) is 186 Å². The van der Waals surface area contributed by atoms with Crippen LogP contribution in [0.1, 0.15) is 101 Å². The number of para-hydroxylation sites is 5. The number of nitrogens with zero attached hydrogens (tertiary/aromatic N) is 3. The molecule has 2 saturated carbocycles. The van der Waals surface area contributed by atoms with Crippen LogP contribution < -0.4 is 0 Å². The van der Waals surface area contributed by atoms with E-state index in [4.69, 9.17) is 0 Å². The molecular weight excluding hydrogens is 811 g/mol. The minimum atomic E-state index is 0.148. The normalized spacial score (nSPS) is 24.2. The highest BCUT2D eigenvalue weighted by molar-refractivity contribution is 6.13. The van der Waals surface area contributed by atoms with E-state index in [9.17, 15) is 0 Å². The molecule has 0 spiro atoms. The van der Waals surface area contributed by atoms with Crippen LogP contribution in [0.2, 0.25) is 0 Å². The van der Waals surface area contributed by atoms with E-state index in [1.54, 1.807) is 22.3 Å². The predicted octanol–water partition coefficient (Wildman–Crippen LogP) is 16.9. The Labute approximate surface area is 392 Å². The smallest absolute Gasteiger partial charge is 0.0544 e. The Bertz CT molecular complexity index is 3840. The zero-order valence-corrected chi connectivity index (χ0v) is 39.1. The third-order valence-corrected chi connectivity index (χ3v) is 18.6. The van der Waals surface area contributed by atoms with Gasteiger partial charge in [0.2, 0.25) is 0 Å². The lowest BCUT2D eigenvalue weighted by Gasteiger charge is -2.53. The maximum atomic E-state index is 2.72. The fourth-order valence-electron chi connectivity index (χ4n) is 14.5. The van der Waals surface area contributed by atoms with Gasteiger partial charge in [0.1, 0.15) is 0 Å². The van der Waals surface area contributed by atoms with Crippen molar-refractivity contribution < 1.29 is 0 Å². The Hall–Kier alpha value is -6.84. The van der Waals surface area contributed by atoms with Crippen LogP contribution in [-0.2, 0) is 21.7 Å². The number of hydrogen-bond acceptors (Lipinski definition) is 0. The Morgan fingerprint density at radius 3 is 0.925 bits per heavy atom. The molecule has 67 heavy (non-hydrogen) atoms. The van der Waals surface area contributed by atoms with Crippen molar-refractivity contribution in [2.75, 3.05) is 0 Å². The predicted molar refractivity (Wildman–Crippen MR) is 281 cm³/mol. The van der Waals surface area contributed by atoms with E-state index in [0.717, 1.165) is 0 Å². The second-order valence-electron chi connectivity index (χ2n) is 22.4. The summed E-state index contributed by atoms with van der Waals surface area (Å²) in [5, 5.41) is 7.77. The molecule has 6 aliphatic rings. The van der Waals surface area contributed by atoms with Crippen molar-refractivity contribution in [1.82, 2.24) is 13.7 Å². The lowest BCUT2D eigenvalue weighted by atomic mass is 9.52. The largest absolute Gasteiger partial charge is 0.309 e. The minimum absolute atomic E-state index is 0.148. The van der Waals surface area contributed by atoms with Crippen LogP contribution in [-0.4, -0.2) is 13.7 Å². The third-order valence-electron chi connectivity index (χ3n) is 18.6. The molecule has 0 amide bonds. The monoisotopic (exact) mass is 865 g/mol. The first-order valence-corrected chi connectivity index (χ1v) is 25.0. The number of benzene rings is 8. The summed E-state index contributed by atoms with van der Waals surface area (Å²) in [6.45, 7) is 10.3. The van der Waals surface area contributed by atoms with E-state index in [1.165, 1.54) is 145 Å². The molecule has 0 atom stereocenters. The highest BCUT2D eigenvalue weighted by atomic mass is 15.0. The Kier molecular flexibility index (Phi) is 7.42. The summed E-state index contributed by atoms with van der Waals surface area (Å²) >= 11 is 0. The fraction of sp³-hybridized carbons (Fsp3) is 0.250. The zero-order chi connectivity index (χ0) is 44.6. The maximum Gasteiger partial charge on any atom is 0.0544 e. The molecule has 0 aliphatic heterocycles. The zero-order valence-electron chi connectivity index (χ0n) is 39.1. The summed E-state index contributed by atoms with van der Waals surface area (Å²) in [4.78, 5) is 0. The molecule has 326 valence electrons. The van der Waals surface area contributed by atoms with Gasteiger partial charge in [0.15, 0.2) is 0 Å². The molecule has 3 aromatic heterocycles. The van der Waals surface area contributed by atoms with Gasteiger partial charge in [-0.25, -0.2) is 0 Å². The highest BCUT2D eigenvalue weighted by Gasteiger charge is 2.50. The van der Waals surface area contributed by atoms with Crippen LogP contribution >= 0.6 is 0 Å². The average molecular weight is 866 g/mol. The van der Waals surface area contributed by atoms with Crippen molar-refractivity contribution in [2.24, 2.45) is 0 Å². The molecule has 3 heterocycles. The first-order valence-electron chi connectivity index (χ1n) is 25.0. The van der Waals surface area contributed by atoms with E-state index in [1.807, 2.05) is 0 Å². The first-order chi connectivity index (χ1) is 32.6. The molecule has 0 unspecified atom stereocenters. The van der Waals surface area contributed by atoms with Crippen LogP contribution in [0.25, 0.3) is 93.6 Å². The van der Waals surface area contributed by atoms with Gasteiger partial charge in [0.05, 0.1) is 44.5 Å². The van der Waals surface area contributed by atoms with Gasteiger partial charge >= 0.3 is 0 Å². The molecule has 0 N–H and O–H groups in total. The average Bonchev–Trinajstić information content (AvgIpc) is 4.00. The Balaban J connectivity index is 1.08. The fourth-order valence-corrected chi connectivity index (χ4v) is 14.5. The van der Waals surface area contributed by atoms with E-state index < -0.39 is 0 Å². The molecule has 2 fully saturated rings. The van der Waals surface area contributed by atoms with E-state index in [-0.39, 0.29) is 21.7 Å². The van der Waals surface area contributed by atoms with Crippen LogP contribution in [0.4, 0.5) is 0 Å². The molecule has 3 heteroatoms. The summed E-state index contributed by atoms with van der Waals surface area (Å²) < 4.78 is 7.77. The van der Waals surface area contributed by atoms with Gasteiger partial charge < -0.3 is 13.7 Å². The summed E-state index contributed by atoms with van der Waals surface area (Å²) in [5.74, 6) is 0. The second kappa shape index (κ2) is 13.0. The standard InChI is InChI=1S/C64H55N3/c1-61-27-31-63(3,32-28-61)51-38-59(66-55-22-12-7-17-43(55)44-18-8-13-23-56(44)66)47(36-49(51)61)48-37-50-52(64(4)33-29-62(50,2)30-34-64)39-60(48)67-57-24-14-9-19-45(57)46-35-40(25-26-58(46)67)65-53-20-10-5-15-41(53)42-16-6-11-21-54(42)65/h5-26,35-39H,27-34H2,1-4H3. The van der Waals surface area contributed by atoms with Crippen LogP contribution in [0.3, 0.4) is 0 Å². The van der Waals surface area contributed by atoms with Crippen molar-refractivity contribution in [3.63, 3.8) is 0 Å². The van der Waals surface area contributed by atoms with Crippen LogP contribution in [0.5, 0.6) is 0 Å². The molecule has 6 aliphatic carbocycles. The van der Waals surface area contributed by atoms with Gasteiger partial charge in [-0.1, -0.05) is 119 Å². The van der Waals surface area contributed by atoms with Gasteiger partial charge in [0.25, 0.3) is 0 Å². The maximum absolute atomic E-state index is 2.72. The molecule has 0 radical (unpaired) electrons. The summed E-state index contributed by atoms with van der Waals surface area (Å²) in [6.07, 6.45) is 9.98. The van der Waals surface area contributed by atoms with Crippen molar-refractivity contribution in [2.45, 2.75) is 101 Å². The van der Waals surface area contributed by atoms with Gasteiger partial charge in [0, 0.05) is 49.1 Å². The molecule has 17 rings (SSSR count). The lowest BCUT2D eigenvalue weighted by molar-refractivity contribution is 0.187. The molecule has 8 aromatic carbocycles. The number of fused-ring (bicyclic) bond motifs is 13. The highest BCUT2D eigenvalue weighted by Crippen LogP contribution is 2.61. The summed E-state index contributed by atoms with van der Waals surface area (Å²) in [5.41, 5.74) is 20.9. The van der Waals surface area contributed by atoms with E-state index >= 15 is 0 Å². The first kappa shape index (κ1) is 38.3. The SMILES string of the molecule is CC12CCC(C)(CC1)c1cc(-n3c4ccccc4c4ccccc43)c(-c3cc4c(cc3-n3c5ccccc5c5cc(-n6c7ccccc7c7ccccc76)ccc53)C3(C)CCC4(C)CC3)cc12. The third kappa shape index (κ3) is 4.97. The van der Waals surface area contributed by atoms with Gasteiger partial charge in [-0.05, 0) is 168 Å². The van der Waals surface area contributed by atoms with Crippen molar-refractivity contribution >= 4 is 65.4 Å². The van der Waals surface area contributed by atoms with E-state index in [2.05, 4.69) is 205 Å². The van der Waals surface area contributed by atoms with E-state index in [0.29, 0.717) is 0 Å². The Morgan fingerprint density at radius 1 is 0.284 bits per heavy atom. The molecule has 0 saturated heterocycles. The van der Waals surface area contributed by atoms with Crippen molar-refractivity contribution in [1.29, 1.82) is 0 Å². The molecular formula is C64H55N3. The number of rotatable bonds is 4. The quantitative estimate of drug-likeness (QED) is 0.167. The summed E-state index contributed by atoms with van der Waals surface area (Å²) in [7, 11) is 0. The number of aromatic nitrogens is 3. The molecule has 3 nitrogen and oxygen atoms in total. The minimum Gasteiger partial charge on any atom is -0.309 e. The molecule has 11 aromatic rings.